The summed E-state index contributed by atoms with van der Waals surface area (Å²) >= 11 is 1.30. The van der Waals surface area contributed by atoms with Crippen molar-refractivity contribution in [2.45, 2.75) is 6.92 Å². The second-order valence-corrected chi connectivity index (χ2v) is 4.67. The Hall–Kier alpha value is -2.28. The molecule has 0 bridgehead atoms. The van der Waals surface area contributed by atoms with Crippen LogP contribution in [0.5, 0.6) is 5.75 Å². The normalized spacial score (nSPS) is 10.2. The number of carbonyl (C=O) groups excluding carboxylic acids is 1. The van der Waals surface area contributed by atoms with Gasteiger partial charge in [-0.1, -0.05) is 6.07 Å². The Morgan fingerprint density at radius 2 is 2.26 bits per heavy atom. The minimum atomic E-state index is -0.627. The lowest BCUT2D eigenvalue weighted by atomic mass is 10.3. The smallest absolute Gasteiger partial charge is 0.406 e. The van der Waals surface area contributed by atoms with Gasteiger partial charge in [0.25, 0.3) is 0 Å². The Kier molecular flexibility index (Phi) is 3.86. The van der Waals surface area contributed by atoms with Gasteiger partial charge in [0.15, 0.2) is 6.61 Å². The van der Waals surface area contributed by atoms with Gasteiger partial charge < -0.3 is 14.9 Å². The van der Waals surface area contributed by atoms with Crippen molar-refractivity contribution < 1.29 is 14.5 Å². The van der Waals surface area contributed by atoms with Crippen molar-refractivity contribution in [3.63, 3.8) is 0 Å². The molecular formula is C12H10N2O4S. The van der Waals surface area contributed by atoms with Crippen LogP contribution in [0, 0.1) is 17.0 Å². The number of aryl methyl sites for hydroxylation is 1. The van der Waals surface area contributed by atoms with Crippen molar-refractivity contribution in [3.05, 3.63) is 50.3 Å². The van der Waals surface area contributed by atoms with Crippen LogP contribution in [0.4, 0.5) is 5.82 Å². The van der Waals surface area contributed by atoms with E-state index in [1.807, 2.05) is 0 Å². The number of thiophene rings is 1. The third kappa shape index (κ3) is 3.14. The summed E-state index contributed by atoms with van der Waals surface area (Å²) in [5, 5.41) is 12.6. The Bertz CT molecular complexity index is 610. The van der Waals surface area contributed by atoms with E-state index in [-0.39, 0.29) is 24.0 Å². The summed E-state index contributed by atoms with van der Waals surface area (Å²) in [5.74, 6) is -0.593. The van der Waals surface area contributed by atoms with Gasteiger partial charge in [0.05, 0.1) is 4.88 Å². The molecule has 0 unspecified atom stereocenters. The van der Waals surface area contributed by atoms with E-state index in [9.17, 15) is 14.9 Å². The second-order valence-electron chi connectivity index (χ2n) is 3.72. The largest absolute Gasteiger partial charge is 0.477 e. The van der Waals surface area contributed by atoms with Crippen LogP contribution >= 0.6 is 11.3 Å². The van der Waals surface area contributed by atoms with Gasteiger partial charge >= 0.3 is 5.82 Å². The fourth-order valence-electron chi connectivity index (χ4n) is 1.43. The number of nitro groups is 1. The van der Waals surface area contributed by atoms with E-state index >= 15 is 0 Å². The van der Waals surface area contributed by atoms with Crippen molar-refractivity contribution in [1.82, 2.24) is 4.98 Å². The topological polar surface area (TPSA) is 82.3 Å². The number of carbonyl (C=O) groups is 1. The Labute approximate surface area is 112 Å². The molecule has 0 aliphatic rings. The number of ketones is 1. The molecule has 0 radical (unpaired) electrons. The molecule has 0 atom stereocenters. The molecule has 0 saturated heterocycles. The van der Waals surface area contributed by atoms with Crippen LogP contribution in [0.3, 0.4) is 0 Å². The minimum absolute atomic E-state index is 0.000469. The number of hydrogen-bond donors (Lipinski definition) is 0. The molecule has 2 rings (SSSR count). The molecular weight excluding hydrogens is 268 g/mol. The van der Waals surface area contributed by atoms with Crippen molar-refractivity contribution >= 4 is 22.9 Å². The fraction of sp³-hybridized carbons (Fsp3) is 0.167. The summed E-state index contributed by atoms with van der Waals surface area (Å²) in [4.78, 5) is 26.3. The third-order valence-electron chi connectivity index (χ3n) is 2.31. The number of Topliss-reactive ketones (excluding diaryl/α,β-unsaturated/α-hetero) is 1. The first-order valence-corrected chi connectivity index (χ1v) is 6.27. The third-order valence-corrected chi connectivity index (χ3v) is 3.22. The molecule has 19 heavy (non-hydrogen) atoms. The van der Waals surface area contributed by atoms with Crippen molar-refractivity contribution in [1.29, 1.82) is 0 Å². The molecule has 0 saturated carbocycles. The van der Waals surface area contributed by atoms with Gasteiger partial charge in [-0.2, -0.15) is 0 Å². The molecule has 2 heterocycles. The fourth-order valence-corrected chi connectivity index (χ4v) is 2.08. The lowest BCUT2D eigenvalue weighted by Gasteiger charge is -2.05. The maximum atomic E-state index is 11.7. The summed E-state index contributed by atoms with van der Waals surface area (Å²) in [6.45, 7) is 1.40. The lowest BCUT2D eigenvalue weighted by molar-refractivity contribution is -0.390. The molecule has 6 nitrogen and oxygen atoms in total. The van der Waals surface area contributed by atoms with E-state index in [0.717, 1.165) is 0 Å². The van der Waals surface area contributed by atoms with Crippen molar-refractivity contribution in [2.75, 3.05) is 6.61 Å². The highest BCUT2D eigenvalue weighted by Gasteiger charge is 2.19. The summed E-state index contributed by atoms with van der Waals surface area (Å²) in [6.07, 6.45) is 0. The zero-order valence-electron chi connectivity index (χ0n) is 10.0. The van der Waals surface area contributed by atoms with Crippen LogP contribution in [0.15, 0.2) is 29.6 Å². The summed E-state index contributed by atoms with van der Waals surface area (Å²) in [5.41, 5.74) is 0.517. The first kappa shape index (κ1) is 13.2. The van der Waals surface area contributed by atoms with E-state index in [1.165, 1.54) is 17.4 Å². The van der Waals surface area contributed by atoms with Crippen LogP contribution in [0.25, 0.3) is 0 Å². The highest BCUT2D eigenvalue weighted by molar-refractivity contribution is 7.12. The number of rotatable bonds is 5. The maximum Gasteiger partial charge on any atom is 0.406 e. The van der Waals surface area contributed by atoms with Gasteiger partial charge in [-0.3, -0.25) is 4.79 Å². The second kappa shape index (κ2) is 5.57. The average Bonchev–Trinajstić information content (AvgIpc) is 2.90. The molecule has 0 aliphatic carbocycles. The van der Waals surface area contributed by atoms with Crippen LogP contribution in [0.2, 0.25) is 0 Å². The molecule has 0 amide bonds. The monoisotopic (exact) mass is 278 g/mol. The molecule has 0 N–H and O–H groups in total. The first-order valence-electron chi connectivity index (χ1n) is 5.39. The predicted molar refractivity (Wildman–Crippen MR) is 69.8 cm³/mol. The van der Waals surface area contributed by atoms with Gasteiger partial charge in [0.2, 0.25) is 11.5 Å². The summed E-state index contributed by atoms with van der Waals surface area (Å²) in [6, 6.07) is 6.48. The number of aromatic nitrogens is 1. The SMILES string of the molecule is Cc1ccc(OCC(=O)c2cccs2)c([N+](=O)[O-])n1. The van der Waals surface area contributed by atoms with Crippen LogP contribution < -0.4 is 4.74 Å². The Morgan fingerprint density at radius 3 is 2.89 bits per heavy atom. The first-order chi connectivity index (χ1) is 9.08. The lowest BCUT2D eigenvalue weighted by Crippen LogP contribution is -2.11. The number of hydrogen-bond acceptors (Lipinski definition) is 6. The van der Waals surface area contributed by atoms with Gasteiger partial charge in [-0.15, -0.1) is 11.3 Å². The standard InChI is InChI=1S/C12H10N2O4S/c1-8-4-5-10(12(13-8)14(16)17)18-7-9(15)11-3-2-6-19-11/h2-6H,7H2,1H3. The van der Waals surface area contributed by atoms with Crippen LogP contribution in [-0.4, -0.2) is 22.3 Å². The van der Waals surface area contributed by atoms with Crippen molar-refractivity contribution in [2.24, 2.45) is 0 Å². The van der Waals surface area contributed by atoms with E-state index in [1.54, 1.807) is 30.5 Å². The van der Waals surface area contributed by atoms with Gasteiger partial charge in [0, 0.05) is 6.92 Å². The van der Waals surface area contributed by atoms with Gasteiger partial charge in [0.1, 0.15) is 5.69 Å². The number of pyridine rings is 1. The van der Waals surface area contributed by atoms with Crippen LogP contribution in [0.1, 0.15) is 15.4 Å². The quantitative estimate of drug-likeness (QED) is 0.477. The zero-order chi connectivity index (χ0) is 13.8. The number of nitrogens with zero attached hydrogens (tertiary/aromatic N) is 2. The van der Waals surface area contributed by atoms with Gasteiger partial charge in [-0.05, 0) is 33.5 Å². The molecule has 2 aromatic heterocycles. The molecule has 7 heteroatoms. The van der Waals surface area contributed by atoms with E-state index < -0.39 is 4.92 Å². The van der Waals surface area contributed by atoms with E-state index in [2.05, 4.69) is 4.98 Å². The summed E-state index contributed by atoms with van der Waals surface area (Å²) < 4.78 is 5.19. The predicted octanol–water partition coefficient (Wildman–Crippen LogP) is 2.62. The Morgan fingerprint density at radius 1 is 1.47 bits per heavy atom. The van der Waals surface area contributed by atoms with Gasteiger partial charge in [-0.25, -0.2) is 0 Å². The molecule has 0 fully saturated rings. The molecule has 2 aromatic rings. The van der Waals surface area contributed by atoms with E-state index in [4.69, 9.17) is 4.74 Å². The summed E-state index contributed by atoms with van der Waals surface area (Å²) in [7, 11) is 0. The zero-order valence-corrected chi connectivity index (χ0v) is 10.8. The minimum Gasteiger partial charge on any atom is -0.477 e. The van der Waals surface area contributed by atoms with Crippen molar-refractivity contribution in [3.8, 4) is 5.75 Å². The highest BCUT2D eigenvalue weighted by Crippen LogP contribution is 2.24. The number of ether oxygens (including phenoxy) is 1. The molecule has 0 aliphatic heterocycles. The van der Waals surface area contributed by atoms with Crippen LogP contribution in [-0.2, 0) is 0 Å². The average molecular weight is 278 g/mol. The molecule has 98 valence electrons. The molecule has 0 aromatic carbocycles. The highest BCUT2D eigenvalue weighted by atomic mass is 32.1. The molecule has 0 spiro atoms. The maximum absolute atomic E-state index is 11.7. The van der Waals surface area contributed by atoms with E-state index in [0.29, 0.717) is 10.6 Å². The Balaban J connectivity index is 2.11.